The molecule has 4 rings (SSSR count). The topological polar surface area (TPSA) is 108 Å². The van der Waals surface area contributed by atoms with Gasteiger partial charge in [-0.15, -0.1) is 0 Å². The lowest BCUT2D eigenvalue weighted by atomic mass is 10.2. The molecule has 0 amide bonds. The number of rotatable bonds is 17. The summed E-state index contributed by atoms with van der Waals surface area (Å²) in [5, 5.41) is 0. The lowest BCUT2D eigenvalue weighted by molar-refractivity contribution is 0.0423. The van der Waals surface area contributed by atoms with Gasteiger partial charge >= 0.3 is 13.8 Å². The number of esters is 1. The molecule has 0 aromatic heterocycles. The van der Waals surface area contributed by atoms with Gasteiger partial charge in [-0.3, -0.25) is 13.6 Å². The Balaban J connectivity index is 1.27. The first-order valence-corrected chi connectivity index (χ1v) is 14.4. The van der Waals surface area contributed by atoms with Crippen molar-refractivity contribution in [2.45, 2.75) is 13.2 Å². The number of hydrogen-bond acceptors (Lipinski definition) is 10. The second kappa shape index (κ2) is 16.1. The molecule has 214 valence electrons. The standard InChI is InChI=1S/C29H33O10P/c30-29(36-15-16-37-40(31)38-17-18-39-40)26-19-27(34-13-11-32-22-24-7-3-1-4-8-24)21-28(20-26)35-14-12-33-23-25-9-5-2-6-10-25/h1-10,19-21H,11-18,22-23H2. The molecule has 0 bridgehead atoms. The lowest BCUT2D eigenvalue weighted by Gasteiger charge is -2.13. The summed E-state index contributed by atoms with van der Waals surface area (Å²) in [6, 6.07) is 24.5. The molecule has 0 spiro atoms. The Kier molecular flexibility index (Phi) is 12.0. The maximum Gasteiger partial charge on any atom is 0.475 e. The number of carbonyl (C=O) groups is 1. The molecule has 0 radical (unpaired) electrons. The highest BCUT2D eigenvalue weighted by atomic mass is 31.2. The first-order valence-electron chi connectivity index (χ1n) is 12.9. The Morgan fingerprint density at radius 3 is 1.73 bits per heavy atom. The molecule has 0 saturated carbocycles. The van der Waals surface area contributed by atoms with Gasteiger partial charge in [-0.2, -0.15) is 0 Å². The van der Waals surface area contributed by atoms with E-state index in [9.17, 15) is 9.36 Å². The molecule has 11 heteroatoms. The average Bonchev–Trinajstić information content (AvgIpc) is 3.42. The van der Waals surface area contributed by atoms with Gasteiger partial charge in [-0.1, -0.05) is 60.7 Å². The maximum absolute atomic E-state index is 12.7. The van der Waals surface area contributed by atoms with Crippen LogP contribution in [-0.4, -0.2) is 58.8 Å². The van der Waals surface area contributed by atoms with Gasteiger partial charge in [0.15, 0.2) is 0 Å². The van der Waals surface area contributed by atoms with Crippen LogP contribution < -0.4 is 9.47 Å². The van der Waals surface area contributed by atoms with Crippen LogP contribution in [0.25, 0.3) is 0 Å². The van der Waals surface area contributed by atoms with E-state index in [4.69, 9.17) is 37.3 Å². The van der Waals surface area contributed by atoms with Crippen LogP contribution in [0, 0.1) is 0 Å². The van der Waals surface area contributed by atoms with Crippen LogP contribution in [0.15, 0.2) is 78.9 Å². The number of phosphoric ester groups is 1. The third-order valence-corrected chi connectivity index (χ3v) is 6.98. The van der Waals surface area contributed by atoms with E-state index in [0.717, 1.165) is 11.1 Å². The van der Waals surface area contributed by atoms with Crippen LogP contribution >= 0.6 is 7.82 Å². The zero-order valence-corrected chi connectivity index (χ0v) is 23.0. The number of ether oxygens (including phenoxy) is 5. The number of phosphoric acid groups is 1. The summed E-state index contributed by atoms with van der Waals surface area (Å²) < 4.78 is 55.3. The summed E-state index contributed by atoms with van der Waals surface area (Å²) >= 11 is 0. The van der Waals surface area contributed by atoms with E-state index in [0.29, 0.717) is 37.9 Å². The lowest BCUT2D eigenvalue weighted by Crippen LogP contribution is -2.12. The Hall–Kier alpha value is -3.24. The predicted octanol–water partition coefficient (Wildman–Crippen LogP) is 5.21. The van der Waals surface area contributed by atoms with Gasteiger partial charge in [0.25, 0.3) is 0 Å². The molecule has 1 saturated heterocycles. The van der Waals surface area contributed by atoms with Crippen LogP contribution in [0.4, 0.5) is 0 Å². The minimum absolute atomic E-state index is 0.139. The van der Waals surface area contributed by atoms with Gasteiger partial charge in [0.05, 0.1) is 51.8 Å². The fourth-order valence-corrected chi connectivity index (χ4v) is 4.72. The SMILES string of the molecule is O=C(OCCOP1(=O)OCCO1)c1cc(OCCOCc2ccccc2)cc(OCCOCc2ccccc2)c1. The predicted molar refractivity (Wildman–Crippen MR) is 145 cm³/mol. The van der Waals surface area contributed by atoms with E-state index in [2.05, 4.69) is 0 Å². The van der Waals surface area contributed by atoms with E-state index in [1.807, 2.05) is 60.7 Å². The molecule has 0 N–H and O–H groups in total. The number of hydrogen-bond donors (Lipinski definition) is 0. The molecule has 0 unspecified atom stereocenters. The van der Waals surface area contributed by atoms with E-state index < -0.39 is 13.8 Å². The van der Waals surface area contributed by atoms with Crippen molar-refractivity contribution in [3.05, 3.63) is 95.6 Å². The summed E-state index contributed by atoms with van der Waals surface area (Å²) in [5.41, 5.74) is 2.36. The van der Waals surface area contributed by atoms with Crippen molar-refractivity contribution in [1.29, 1.82) is 0 Å². The molecule has 0 atom stereocenters. The highest BCUT2D eigenvalue weighted by Crippen LogP contribution is 2.52. The molecule has 1 aliphatic heterocycles. The second-order valence-electron chi connectivity index (χ2n) is 8.55. The van der Waals surface area contributed by atoms with Crippen molar-refractivity contribution in [1.82, 2.24) is 0 Å². The fourth-order valence-electron chi connectivity index (χ4n) is 3.60. The van der Waals surface area contributed by atoms with Gasteiger partial charge < -0.3 is 23.7 Å². The molecule has 3 aromatic carbocycles. The molecule has 1 aliphatic rings. The Bertz CT molecular complexity index is 1140. The number of carbonyl (C=O) groups excluding carboxylic acids is 1. The summed E-state index contributed by atoms with van der Waals surface area (Å²) in [5.74, 6) is 0.226. The molecular weight excluding hydrogens is 539 g/mol. The summed E-state index contributed by atoms with van der Waals surface area (Å²) in [7, 11) is -3.55. The van der Waals surface area contributed by atoms with Crippen molar-refractivity contribution < 1.29 is 46.6 Å². The van der Waals surface area contributed by atoms with E-state index >= 15 is 0 Å². The first kappa shape index (κ1) is 29.7. The van der Waals surface area contributed by atoms with Crippen LogP contribution in [0.1, 0.15) is 21.5 Å². The van der Waals surface area contributed by atoms with Crippen LogP contribution in [-0.2, 0) is 45.6 Å². The van der Waals surface area contributed by atoms with Crippen molar-refractivity contribution in [2.75, 3.05) is 52.9 Å². The van der Waals surface area contributed by atoms with Crippen molar-refractivity contribution in [3.8, 4) is 11.5 Å². The zero-order valence-electron chi connectivity index (χ0n) is 22.1. The molecule has 3 aromatic rings. The van der Waals surface area contributed by atoms with Crippen molar-refractivity contribution >= 4 is 13.8 Å². The average molecular weight is 573 g/mol. The van der Waals surface area contributed by atoms with Crippen molar-refractivity contribution in [3.63, 3.8) is 0 Å². The second-order valence-corrected chi connectivity index (χ2v) is 10.2. The molecule has 10 nitrogen and oxygen atoms in total. The third kappa shape index (κ3) is 10.4. The Morgan fingerprint density at radius 1 is 0.675 bits per heavy atom. The zero-order chi connectivity index (χ0) is 27.9. The fraction of sp³-hybridized carbons (Fsp3) is 0.345. The summed E-state index contributed by atoms with van der Waals surface area (Å²) in [4.78, 5) is 12.7. The van der Waals surface area contributed by atoms with Gasteiger partial charge in [-0.25, -0.2) is 9.36 Å². The highest BCUT2D eigenvalue weighted by Gasteiger charge is 2.31. The van der Waals surface area contributed by atoms with E-state index in [1.54, 1.807) is 18.2 Å². The van der Waals surface area contributed by atoms with Crippen LogP contribution in [0.5, 0.6) is 11.5 Å². The van der Waals surface area contributed by atoms with Crippen LogP contribution in [0.3, 0.4) is 0 Å². The first-order chi connectivity index (χ1) is 19.6. The van der Waals surface area contributed by atoms with Gasteiger partial charge in [0.1, 0.15) is 31.3 Å². The highest BCUT2D eigenvalue weighted by molar-refractivity contribution is 7.48. The molecule has 40 heavy (non-hydrogen) atoms. The molecule has 1 heterocycles. The quantitative estimate of drug-likeness (QED) is 0.122. The van der Waals surface area contributed by atoms with Gasteiger partial charge in [0.2, 0.25) is 0 Å². The monoisotopic (exact) mass is 572 g/mol. The third-order valence-electron chi connectivity index (χ3n) is 5.48. The van der Waals surface area contributed by atoms with Gasteiger partial charge in [0, 0.05) is 6.07 Å². The maximum atomic E-state index is 12.7. The van der Waals surface area contributed by atoms with Crippen LogP contribution in [0.2, 0.25) is 0 Å². The van der Waals surface area contributed by atoms with E-state index in [-0.39, 0.29) is 45.2 Å². The smallest absolute Gasteiger partial charge is 0.475 e. The molecular formula is C29H33O10P. The summed E-state index contributed by atoms with van der Waals surface area (Å²) in [6.45, 7) is 2.31. The van der Waals surface area contributed by atoms with Gasteiger partial charge in [-0.05, 0) is 23.3 Å². The molecule has 1 fully saturated rings. The minimum atomic E-state index is -3.55. The minimum Gasteiger partial charge on any atom is -0.491 e. The Morgan fingerprint density at radius 2 is 1.20 bits per heavy atom. The number of benzene rings is 3. The Labute approximate surface area is 233 Å². The normalized spacial score (nSPS) is 14.1. The van der Waals surface area contributed by atoms with Crippen molar-refractivity contribution in [2.24, 2.45) is 0 Å². The largest absolute Gasteiger partial charge is 0.491 e. The van der Waals surface area contributed by atoms with E-state index in [1.165, 1.54) is 0 Å². The summed E-state index contributed by atoms with van der Waals surface area (Å²) in [6.07, 6.45) is 0. The molecule has 0 aliphatic carbocycles.